The second-order valence-electron chi connectivity index (χ2n) is 4.43. The molecule has 0 unspecified atom stereocenters. The summed E-state index contributed by atoms with van der Waals surface area (Å²) < 4.78 is 15.4. The lowest BCUT2D eigenvalue weighted by Gasteiger charge is -2.09. The van der Waals surface area contributed by atoms with Gasteiger partial charge in [0.05, 0.1) is 5.69 Å². The van der Waals surface area contributed by atoms with Gasteiger partial charge in [0, 0.05) is 37.5 Å². The van der Waals surface area contributed by atoms with Crippen molar-refractivity contribution in [3.8, 4) is 0 Å². The number of aryl methyl sites for hydroxylation is 2. The molecule has 0 saturated carbocycles. The van der Waals surface area contributed by atoms with Crippen molar-refractivity contribution in [2.45, 2.75) is 26.3 Å². The van der Waals surface area contributed by atoms with E-state index in [-0.39, 0.29) is 18.0 Å². The molecule has 20 heavy (non-hydrogen) atoms. The maximum Gasteiger partial charge on any atom is 0.226 e. The standard InChI is InChI=1S/C14H17FN4O/c1-2-13-17-6-8-19(13)7-5-14(20)18-12-9-10(16)3-4-11(12)15/h3-4,6,8-9H,2,5,7,16H2,1H3,(H,18,20). The average molecular weight is 276 g/mol. The van der Waals surface area contributed by atoms with Crippen molar-refractivity contribution in [3.05, 3.63) is 42.2 Å². The van der Waals surface area contributed by atoms with Crippen LogP contribution < -0.4 is 11.1 Å². The van der Waals surface area contributed by atoms with E-state index in [0.717, 1.165) is 12.2 Å². The van der Waals surface area contributed by atoms with E-state index in [9.17, 15) is 9.18 Å². The molecule has 1 aromatic carbocycles. The zero-order valence-corrected chi connectivity index (χ0v) is 11.3. The topological polar surface area (TPSA) is 72.9 Å². The summed E-state index contributed by atoms with van der Waals surface area (Å²) in [7, 11) is 0. The Morgan fingerprint density at radius 1 is 1.50 bits per heavy atom. The van der Waals surface area contributed by atoms with Crippen molar-refractivity contribution in [1.82, 2.24) is 9.55 Å². The first kappa shape index (κ1) is 14.0. The number of imidazole rings is 1. The van der Waals surface area contributed by atoms with Crippen LogP contribution in [0.2, 0.25) is 0 Å². The van der Waals surface area contributed by atoms with Gasteiger partial charge in [-0.25, -0.2) is 9.37 Å². The zero-order valence-electron chi connectivity index (χ0n) is 11.3. The van der Waals surface area contributed by atoms with Crippen LogP contribution in [0, 0.1) is 5.82 Å². The molecule has 0 aliphatic carbocycles. The summed E-state index contributed by atoms with van der Waals surface area (Å²) in [6.07, 6.45) is 4.58. The molecule has 0 spiro atoms. The van der Waals surface area contributed by atoms with Crippen LogP contribution >= 0.6 is 0 Å². The van der Waals surface area contributed by atoms with Crippen LogP contribution in [-0.2, 0) is 17.8 Å². The Kier molecular flexibility index (Phi) is 4.34. The van der Waals surface area contributed by atoms with Gasteiger partial charge in [-0.1, -0.05) is 6.92 Å². The van der Waals surface area contributed by atoms with E-state index in [4.69, 9.17) is 5.73 Å². The number of carbonyl (C=O) groups is 1. The predicted molar refractivity (Wildman–Crippen MR) is 75.7 cm³/mol. The molecule has 2 rings (SSSR count). The van der Waals surface area contributed by atoms with Crippen molar-refractivity contribution in [3.63, 3.8) is 0 Å². The van der Waals surface area contributed by atoms with Crippen LogP contribution in [0.3, 0.4) is 0 Å². The fraction of sp³-hybridized carbons (Fsp3) is 0.286. The average Bonchev–Trinajstić information content (AvgIpc) is 2.88. The summed E-state index contributed by atoms with van der Waals surface area (Å²) in [6.45, 7) is 2.51. The van der Waals surface area contributed by atoms with Gasteiger partial charge in [0.15, 0.2) is 0 Å². The number of anilines is 2. The number of carbonyl (C=O) groups excluding carboxylic acids is 1. The number of nitrogens with one attached hydrogen (secondary N) is 1. The summed E-state index contributed by atoms with van der Waals surface area (Å²) in [4.78, 5) is 16.0. The number of hydrogen-bond acceptors (Lipinski definition) is 3. The van der Waals surface area contributed by atoms with E-state index in [0.29, 0.717) is 12.2 Å². The molecule has 0 fully saturated rings. The number of nitrogen functional groups attached to an aromatic ring is 1. The van der Waals surface area contributed by atoms with Crippen molar-refractivity contribution >= 4 is 17.3 Å². The van der Waals surface area contributed by atoms with Crippen LogP contribution in [0.1, 0.15) is 19.2 Å². The Labute approximate surface area is 116 Å². The van der Waals surface area contributed by atoms with Crippen LogP contribution in [0.15, 0.2) is 30.6 Å². The third-order valence-electron chi connectivity index (χ3n) is 2.96. The van der Waals surface area contributed by atoms with Crippen molar-refractivity contribution in [1.29, 1.82) is 0 Å². The molecule has 0 bridgehead atoms. The minimum absolute atomic E-state index is 0.108. The van der Waals surface area contributed by atoms with Crippen molar-refractivity contribution in [2.75, 3.05) is 11.1 Å². The van der Waals surface area contributed by atoms with E-state index in [1.807, 2.05) is 17.7 Å². The van der Waals surface area contributed by atoms with Gasteiger partial charge in [-0.2, -0.15) is 0 Å². The Hall–Kier alpha value is -2.37. The first-order chi connectivity index (χ1) is 9.60. The number of benzene rings is 1. The quantitative estimate of drug-likeness (QED) is 0.822. The van der Waals surface area contributed by atoms with Gasteiger partial charge in [0.1, 0.15) is 11.6 Å². The SMILES string of the molecule is CCc1nccn1CCC(=O)Nc1cc(N)ccc1F. The lowest BCUT2D eigenvalue weighted by molar-refractivity contribution is -0.116. The number of nitrogens with zero attached hydrogens (tertiary/aromatic N) is 2. The molecule has 0 atom stereocenters. The van der Waals surface area contributed by atoms with Crippen LogP contribution in [0.5, 0.6) is 0 Å². The largest absolute Gasteiger partial charge is 0.399 e. The molecule has 5 nitrogen and oxygen atoms in total. The number of hydrogen-bond donors (Lipinski definition) is 2. The molecule has 1 aromatic heterocycles. The van der Waals surface area contributed by atoms with Crippen LogP contribution in [0.4, 0.5) is 15.8 Å². The Morgan fingerprint density at radius 3 is 3.05 bits per heavy atom. The highest BCUT2D eigenvalue weighted by Gasteiger charge is 2.08. The predicted octanol–water partition coefficient (Wildman–Crippen LogP) is 2.20. The molecule has 0 aliphatic heterocycles. The third kappa shape index (κ3) is 3.34. The first-order valence-corrected chi connectivity index (χ1v) is 6.45. The lowest BCUT2D eigenvalue weighted by Crippen LogP contribution is -2.16. The molecule has 1 amide bonds. The second kappa shape index (κ2) is 6.18. The van der Waals surface area contributed by atoms with E-state index in [1.165, 1.54) is 18.2 Å². The van der Waals surface area contributed by atoms with Crippen molar-refractivity contribution in [2.24, 2.45) is 0 Å². The van der Waals surface area contributed by atoms with Crippen LogP contribution in [0.25, 0.3) is 0 Å². The highest BCUT2D eigenvalue weighted by Crippen LogP contribution is 2.17. The fourth-order valence-corrected chi connectivity index (χ4v) is 1.93. The van der Waals surface area contributed by atoms with Gasteiger partial charge in [-0.05, 0) is 18.2 Å². The molecule has 0 saturated heterocycles. The molecule has 106 valence electrons. The molecule has 0 aliphatic rings. The Balaban J connectivity index is 1.94. The molecule has 6 heteroatoms. The molecule has 0 radical (unpaired) electrons. The van der Waals surface area contributed by atoms with Crippen molar-refractivity contribution < 1.29 is 9.18 Å². The Bertz CT molecular complexity index is 609. The highest BCUT2D eigenvalue weighted by atomic mass is 19.1. The highest BCUT2D eigenvalue weighted by molar-refractivity contribution is 5.91. The molecule has 3 N–H and O–H groups in total. The van der Waals surface area contributed by atoms with Gasteiger partial charge in [0.25, 0.3) is 0 Å². The van der Waals surface area contributed by atoms with Gasteiger partial charge in [0.2, 0.25) is 5.91 Å². The number of aromatic nitrogens is 2. The maximum absolute atomic E-state index is 13.5. The monoisotopic (exact) mass is 276 g/mol. The van der Waals surface area contributed by atoms with E-state index in [1.54, 1.807) is 6.20 Å². The van der Waals surface area contributed by atoms with Gasteiger partial charge in [-0.15, -0.1) is 0 Å². The van der Waals surface area contributed by atoms with Gasteiger partial charge < -0.3 is 15.6 Å². The third-order valence-corrected chi connectivity index (χ3v) is 2.96. The minimum Gasteiger partial charge on any atom is -0.399 e. The minimum atomic E-state index is -0.496. The summed E-state index contributed by atoms with van der Waals surface area (Å²) in [6, 6.07) is 4.09. The maximum atomic E-state index is 13.5. The molecular weight excluding hydrogens is 259 g/mol. The first-order valence-electron chi connectivity index (χ1n) is 6.45. The number of amides is 1. The smallest absolute Gasteiger partial charge is 0.226 e. The summed E-state index contributed by atoms with van der Waals surface area (Å²) >= 11 is 0. The van der Waals surface area contributed by atoms with E-state index < -0.39 is 5.82 Å². The second-order valence-corrected chi connectivity index (χ2v) is 4.43. The number of nitrogens with two attached hydrogens (primary N) is 1. The lowest BCUT2D eigenvalue weighted by atomic mass is 10.2. The fourth-order valence-electron chi connectivity index (χ4n) is 1.93. The number of rotatable bonds is 5. The zero-order chi connectivity index (χ0) is 14.5. The Morgan fingerprint density at radius 2 is 2.30 bits per heavy atom. The summed E-state index contributed by atoms with van der Waals surface area (Å²) in [5.74, 6) is 0.169. The summed E-state index contributed by atoms with van der Waals surface area (Å²) in [5, 5.41) is 2.52. The molecule has 1 heterocycles. The normalized spacial score (nSPS) is 10.5. The van der Waals surface area contributed by atoms with Crippen LogP contribution in [-0.4, -0.2) is 15.5 Å². The number of halogens is 1. The van der Waals surface area contributed by atoms with E-state index in [2.05, 4.69) is 10.3 Å². The molecule has 2 aromatic rings. The van der Waals surface area contributed by atoms with E-state index >= 15 is 0 Å². The van der Waals surface area contributed by atoms with Gasteiger partial charge >= 0.3 is 0 Å². The van der Waals surface area contributed by atoms with Gasteiger partial charge in [-0.3, -0.25) is 4.79 Å². The molecular formula is C14H17FN4O. The summed E-state index contributed by atoms with van der Waals surface area (Å²) in [5.41, 5.74) is 6.08.